The van der Waals surface area contributed by atoms with Crippen molar-refractivity contribution in [3.05, 3.63) is 6.42 Å². The van der Waals surface area contributed by atoms with E-state index < -0.39 is 30.7 Å². The molecule has 2 aliphatic carbocycles. The van der Waals surface area contributed by atoms with Crippen LogP contribution in [0.4, 0.5) is 0 Å². The van der Waals surface area contributed by atoms with Crippen LogP contribution < -0.4 is 0 Å². The fourth-order valence-corrected chi connectivity index (χ4v) is 3.44. The maximum Gasteiger partial charge on any atom is 0.186 e. The van der Waals surface area contributed by atoms with Gasteiger partial charge in [-0.05, 0) is 50.9 Å². The molecule has 5 nitrogen and oxygen atoms in total. The lowest BCUT2D eigenvalue weighted by Gasteiger charge is -2.42. The molecule has 0 bridgehead atoms. The van der Waals surface area contributed by atoms with E-state index in [1.165, 1.54) is 19.3 Å². The van der Waals surface area contributed by atoms with Crippen LogP contribution in [0.25, 0.3) is 0 Å². The van der Waals surface area contributed by atoms with E-state index in [0.29, 0.717) is 5.92 Å². The minimum Gasteiger partial charge on any atom is -0.388 e. The van der Waals surface area contributed by atoms with Crippen molar-refractivity contribution >= 4 is 0 Å². The molecule has 115 valence electrons. The van der Waals surface area contributed by atoms with Gasteiger partial charge in [0.1, 0.15) is 18.3 Å². The Morgan fingerprint density at radius 2 is 1.80 bits per heavy atom. The Bertz CT molecular complexity index is 332. The highest BCUT2D eigenvalue weighted by Crippen LogP contribution is 2.45. The van der Waals surface area contributed by atoms with Gasteiger partial charge in [-0.1, -0.05) is 6.42 Å². The first kappa shape index (κ1) is 14.7. The summed E-state index contributed by atoms with van der Waals surface area (Å²) in [5.74, 6) is 1.25. The highest BCUT2D eigenvalue weighted by molar-refractivity contribution is 4.97. The van der Waals surface area contributed by atoms with E-state index in [1.807, 2.05) is 0 Å². The first-order valence-electron chi connectivity index (χ1n) is 7.76. The molecule has 0 spiro atoms. The Morgan fingerprint density at radius 3 is 2.50 bits per heavy atom. The van der Waals surface area contributed by atoms with Gasteiger partial charge in [0.15, 0.2) is 6.29 Å². The van der Waals surface area contributed by atoms with Crippen LogP contribution in [0, 0.1) is 18.3 Å². The third-order valence-corrected chi connectivity index (χ3v) is 4.89. The summed E-state index contributed by atoms with van der Waals surface area (Å²) < 4.78 is 11.5. The van der Waals surface area contributed by atoms with E-state index in [2.05, 4.69) is 6.42 Å². The first-order chi connectivity index (χ1) is 9.58. The van der Waals surface area contributed by atoms with Gasteiger partial charge in [-0.3, -0.25) is 0 Å². The minimum absolute atomic E-state index is 0.00876. The Labute approximate surface area is 119 Å². The predicted molar refractivity (Wildman–Crippen MR) is 71.6 cm³/mol. The van der Waals surface area contributed by atoms with E-state index >= 15 is 0 Å². The van der Waals surface area contributed by atoms with Gasteiger partial charge in [0.2, 0.25) is 0 Å². The number of aliphatic hydroxyl groups is 3. The number of hydrogen-bond acceptors (Lipinski definition) is 5. The number of aliphatic hydroxyl groups excluding tert-OH is 3. The van der Waals surface area contributed by atoms with Crippen LogP contribution >= 0.6 is 0 Å². The van der Waals surface area contributed by atoms with Crippen molar-refractivity contribution < 1.29 is 24.8 Å². The summed E-state index contributed by atoms with van der Waals surface area (Å²) >= 11 is 0. The topological polar surface area (TPSA) is 79.2 Å². The number of hydrogen-bond donors (Lipinski definition) is 3. The van der Waals surface area contributed by atoms with Gasteiger partial charge in [0.25, 0.3) is 0 Å². The molecule has 5 heteroatoms. The average Bonchev–Trinajstić information content (AvgIpc) is 3.27. The summed E-state index contributed by atoms with van der Waals surface area (Å²) in [4.78, 5) is 0. The molecule has 0 aromatic carbocycles. The molecule has 3 aliphatic rings. The van der Waals surface area contributed by atoms with Crippen molar-refractivity contribution in [2.75, 3.05) is 0 Å². The lowest BCUT2D eigenvalue weighted by atomic mass is 9.83. The SMILES string of the molecule is C[C@H]1O[C@@H](O[C@@H]2[CH]CCC[C@@H]2C2CC2)[C@H](O)[C@@H](O)[C@H]1O. The molecule has 1 aliphatic heterocycles. The zero-order chi connectivity index (χ0) is 14.3. The van der Waals surface area contributed by atoms with E-state index in [9.17, 15) is 15.3 Å². The van der Waals surface area contributed by atoms with E-state index in [4.69, 9.17) is 9.47 Å². The molecule has 0 amide bonds. The van der Waals surface area contributed by atoms with Crippen molar-refractivity contribution in [3.63, 3.8) is 0 Å². The Kier molecular flexibility index (Phi) is 4.34. The zero-order valence-electron chi connectivity index (χ0n) is 11.9. The van der Waals surface area contributed by atoms with Crippen LogP contribution in [0.2, 0.25) is 0 Å². The van der Waals surface area contributed by atoms with Crippen molar-refractivity contribution in [2.24, 2.45) is 11.8 Å². The highest BCUT2D eigenvalue weighted by Gasteiger charge is 2.45. The minimum atomic E-state index is -1.22. The Balaban J connectivity index is 1.63. The molecule has 20 heavy (non-hydrogen) atoms. The average molecular weight is 285 g/mol. The first-order valence-corrected chi connectivity index (χ1v) is 7.76. The van der Waals surface area contributed by atoms with Gasteiger partial charge in [-0.15, -0.1) is 0 Å². The standard InChI is InChI=1S/C15H25O5/c1-8-12(16)13(17)14(18)15(19-8)20-11-5-3-2-4-10(11)9-6-7-9/h5,8-18H,2-4,6-7H2,1H3/t8-,10-,11-,12+,13+,14-,15+/m1/s1. The fourth-order valence-electron chi connectivity index (χ4n) is 3.44. The molecule has 1 heterocycles. The second-order valence-electron chi connectivity index (χ2n) is 6.45. The molecule has 0 aromatic rings. The summed E-state index contributed by atoms with van der Waals surface area (Å²) in [7, 11) is 0. The molecule has 3 N–H and O–H groups in total. The molecule has 0 unspecified atom stereocenters. The molecular weight excluding hydrogens is 260 g/mol. The third kappa shape index (κ3) is 2.88. The number of ether oxygens (including phenoxy) is 2. The summed E-state index contributed by atoms with van der Waals surface area (Å²) in [5, 5.41) is 29.5. The van der Waals surface area contributed by atoms with Crippen LogP contribution in [-0.4, -0.2) is 52.1 Å². The molecule has 0 aromatic heterocycles. The normalized spacial score (nSPS) is 50.1. The van der Waals surface area contributed by atoms with Crippen LogP contribution in [0.15, 0.2) is 0 Å². The second-order valence-corrected chi connectivity index (χ2v) is 6.45. The second kappa shape index (κ2) is 5.89. The van der Waals surface area contributed by atoms with Crippen molar-refractivity contribution in [3.8, 4) is 0 Å². The smallest absolute Gasteiger partial charge is 0.186 e. The Morgan fingerprint density at radius 1 is 1.05 bits per heavy atom. The lowest BCUT2D eigenvalue weighted by molar-refractivity contribution is -0.306. The van der Waals surface area contributed by atoms with Crippen LogP contribution in [-0.2, 0) is 9.47 Å². The summed E-state index contributed by atoms with van der Waals surface area (Å²) in [6.45, 7) is 1.68. The largest absolute Gasteiger partial charge is 0.388 e. The fraction of sp³-hybridized carbons (Fsp3) is 0.933. The van der Waals surface area contributed by atoms with E-state index in [-0.39, 0.29) is 6.10 Å². The van der Waals surface area contributed by atoms with Crippen LogP contribution in [0.3, 0.4) is 0 Å². The quantitative estimate of drug-likeness (QED) is 0.708. The maximum atomic E-state index is 10.0. The highest BCUT2D eigenvalue weighted by atomic mass is 16.7. The summed E-state index contributed by atoms with van der Waals surface area (Å²) in [5.41, 5.74) is 0. The van der Waals surface area contributed by atoms with Gasteiger partial charge in [0.05, 0.1) is 12.2 Å². The molecular formula is C15H25O5. The molecule has 7 atom stereocenters. The molecule has 3 fully saturated rings. The predicted octanol–water partition coefficient (Wildman–Crippen LogP) is 0.613. The van der Waals surface area contributed by atoms with Crippen LogP contribution in [0.5, 0.6) is 0 Å². The molecule has 3 rings (SSSR count). The van der Waals surface area contributed by atoms with Crippen molar-refractivity contribution in [2.45, 2.75) is 75.8 Å². The van der Waals surface area contributed by atoms with Crippen molar-refractivity contribution in [1.82, 2.24) is 0 Å². The number of rotatable bonds is 3. The summed E-state index contributed by atoms with van der Waals surface area (Å²) in [6, 6.07) is 0. The van der Waals surface area contributed by atoms with Gasteiger partial charge < -0.3 is 24.8 Å². The molecule has 1 radical (unpaired) electrons. The third-order valence-electron chi connectivity index (χ3n) is 4.89. The lowest BCUT2D eigenvalue weighted by Crippen LogP contribution is -2.58. The van der Waals surface area contributed by atoms with Gasteiger partial charge in [0, 0.05) is 0 Å². The summed E-state index contributed by atoms with van der Waals surface area (Å²) in [6.07, 6.45) is 3.21. The Hall–Kier alpha value is -0.200. The molecule has 2 saturated carbocycles. The maximum absolute atomic E-state index is 10.0. The van der Waals surface area contributed by atoms with Crippen molar-refractivity contribution in [1.29, 1.82) is 0 Å². The zero-order valence-corrected chi connectivity index (χ0v) is 11.9. The van der Waals surface area contributed by atoms with Gasteiger partial charge >= 0.3 is 0 Å². The molecule has 1 saturated heterocycles. The monoisotopic (exact) mass is 285 g/mol. The van der Waals surface area contributed by atoms with E-state index in [1.54, 1.807) is 6.92 Å². The van der Waals surface area contributed by atoms with Crippen LogP contribution in [0.1, 0.15) is 39.0 Å². The van der Waals surface area contributed by atoms with Gasteiger partial charge in [-0.25, -0.2) is 0 Å². The van der Waals surface area contributed by atoms with E-state index in [0.717, 1.165) is 18.8 Å². The van der Waals surface area contributed by atoms with Gasteiger partial charge in [-0.2, -0.15) is 0 Å².